The monoisotopic (exact) mass is 641 g/mol. The number of aryl methyl sites for hydroxylation is 1. The molecule has 7 nitrogen and oxygen atoms in total. The zero-order valence-corrected chi connectivity index (χ0v) is 26.8. The third-order valence-electron chi connectivity index (χ3n) is 6.49. The number of carbonyl (C=O) groups is 2. The lowest BCUT2D eigenvalue weighted by atomic mass is 10.00. The number of nitrogens with one attached hydrogen (secondary N) is 1. The van der Waals surface area contributed by atoms with Crippen LogP contribution in [-0.4, -0.2) is 49.5 Å². The lowest BCUT2D eigenvalue weighted by Gasteiger charge is -2.34. The van der Waals surface area contributed by atoms with Crippen molar-refractivity contribution in [2.45, 2.75) is 65.1 Å². The van der Waals surface area contributed by atoms with Gasteiger partial charge >= 0.3 is 0 Å². The quantitative estimate of drug-likeness (QED) is 0.268. The van der Waals surface area contributed by atoms with Crippen LogP contribution in [0.15, 0.2) is 83.3 Å². The van der Waals surface area contributed by atoms with Crippen LogP contribution in [0.25, 0.3) is 0 Å². The number of halogens is 1. The molecule has 0 saturated heterocycles. The maximum absolute atomic E-state index is 13.9. The maximum atomic E-state index is 13.9. The van der Waals surface area contributed by atoms with Crippen molar-refractivity contribution in [1.82, 2.24) is 10.2 Å². The van der Waals surface area contributed by atoms with E-state index in [2.05, 4.69) is 21.2 Å². The summed E-state index contributed by atoms with van der Waals surface area (Å²) in [6.07, 6.45) is 1.90. The fourth-order valence-corrected chi connectivity index (χ4v) is 5.97. The summed E-state index contributed by atoms with van der Waals surface area (Å²) in [6, 6.07) is 23.8. The SMILES string of the molecule is Cc1ccc(N(CCCC(=O)N(Cc2cccc(Br)c2)C(Cc2ccccc2)C(=O)NC(C)(C)C)S(C)(=O)=O)cc1. The van der Waals surface area contributed by atoms with Crippen molar-refractivity contribution in [3.8, 4) is 0 Å². The zero-order chi connectivity index (χ0) is 30.2. The predicted molar refractivity (Wildman–Crippen MR) is 169 cm³/mol. The van der Waals surface area contributed by atoms with Gasteiger partial charge in [0.05, 0.1) is 11.9 Å². The van der Waals surface area contributed by atoms with Crippen LogP contribution >= 0.6 is 15.9 Å². The van der Waals surface area contributed by atoms with Gasteiger partial charge in [-0.25, -0.2) is 8.42 Å². The maximum Gasteiger partial charge on any atom is 0.243 e. The summed E-state index contributed by atoms with van der Waals surface area (Å²) in [5, 5.41) is 3.06. The highest BCUT2D eigenvalue weighted by atomic mass is 79.9. The average Bonchev–Trinajstić information content (AvgIpc) is 2.88. The molecule has 3 aromatic rings. The topological polar surface area (TPSA) is 86.8 Å². The fraction of sp³-hybridized carbons (Fsp3) is 0.375. The molecule has 3 rings (SSSR count). The van der Waals surface area contributed by atoms with E-state index in [9.17, 15) is 18.0 Å². The Morgan fingerprint density at radius 1 is 0.927 bits per heavy atom. The Balaban J connectivity index is 1.90. The second kappa shape index (κ2) is 14.1. The van der Waals surface area contributed by atoms with Gasteiger partial charge in [-0.15, -0.1) is 0 Å². The van der Waals surface area contributed by atoms with Crippen molar-refractivity contribution < 1.29 is 18.0 Å². The molecule has 2 amide bonds. The Morgan fingerprint density at radius 3 is 2.15 bits per heavy atom. The summed E-state index contributed by atoms with van der Waals surface area (Å²) in [6.45, 7) is 8.06. The lowest BCUT2D eigenvalue weighted by Crippen LogP contribution is -2.54. The molecule has 1 unspecified atom stereocenters. The van der Waals surface area contributed by atoms with Gasteiger partial charge in [-0.3, -0.25) is 13.9 Å². The third kappa shape index (κ3) is 10.3. The first-order chi connectivity index (χ1) is 19.2. The Hall–Kier alpha value is -3.17. The zero-order valence-electron chi connectivity index (χ0n) is 24.4. The fourth-order valence-electron chi connectivity index (χ4n) is 4.55. The van der Waals surface area contributed by atoms with Gasteiger partial charge in [-0.05, 0) is 69.5 Å². The van der Waals surface area contributed by atoms with E-state index in [0.717, 1.165) is 21.2 Å². The highest BCUT2D eigenvalue weighted by molar-refractivity contribution is 9.10. The molecule has 0 aliphatic carbocycles. The van der Waals surface area contributed by atoms with Crippen LogP contribution in [0.1, 0.15) is 50.3 Å². The summed E-state index contributed by atoms with van der Waals surface area (Å²) in [5.74, 6) is -0.450. The highest BCUT2D eigenvalue weighted by Crippen LogP contribution is 2.22. The molecule has 41 heavy (non-hydrogen) atoms. The standard InChI is InChI=1S/C32H40BrN3O4S/c1-24-16-18-28(19-17-24)36(41(5,39)40)20-10-15-30(37)35(23-26-13-9-14-27(33)21-26)29(31(38)34-32(2,3)4)22-25-11-7-6-8-12-25/h6-9,11-14,16-19,21,29H,10,15,20,22-23H2,1-5H3,(H,34,38). The van der Waals surface area contributed by atoms with Crippen LogP contribution in [0.3, 0.4) is 0 Å². The summed E-state index contributed by atoms with van der Waals surface area (Å²) in [4.78, 5) is 29.2. The lowest BCUT2D eigenvalue weighted by molar-refractivity contribution is -0.142. The smallest absolute Gasteiger partial charge is 0.243 e. The van der Waals surface area contributed by atoms with Gasteiger partial charge in [-0.1, -0.05) is 76.1 Å². The Bertz CT molecular complexity index is 1420. The molecule has 3 aromatic carbocycles. The number of nitrogens with zero attached hydrogens (tertiary/aromatic N) is 2. The van der Waals surface area contributed by atoms with E-state index in [1.807, 2.05) is 94.4 Å². The molecule has 1 N–H and O–H groups in total. The highest BCUT2D eigenvalue weighted by Gasteiger charge is 2.32. The van der Waals surface area contributed by atoms with E-state index in [1.54, 1.807) is 17.0 Å². The Labute approximate surface area is 253 Å². The Morgan fingerprint density at radius 2 is 1.56 bits per heavy atom. The van der Waals surface area contributed by atoms with Crippen LogP contribution in [0, 0.1) is 6.92 Å². The van der Waals surface area contributed by atoms with E-state index >= 15 is 0 Å². The first-order valence-electron chi connectivity index (χ1n) is 13.7. The molecule has 0 aromatic heterocycles. The first-order valence-corrected chi connectivity index (χ1v) is 16.3. The van der Waals surface area contributed by atoms with E-state index in [4.69, 9.17) is 0 Å². The molecule has 9 heteroatoms. The molecule has 0 aliphatic heterocycles. The molecule has 0 heterocycles. The van der Waals surface area contributed by atoms with Crippen LogP contribution in [0.5, 0.6) is 0 Å². The largest absolute Gasteiger partial charge is 0.350 e. The van der Waals surface area contributed by atoms with Gasteiger partial charge < -0.3 is 10.2 Å². The molecule has 0 spiro atoms. The number of rotatable bonds is 12. The third-order valence-corrected chi connectivity index (χ3v) is 8.17. The summed E-state index contributed by atoms with van der Waals surface area (Å²) in [7, 11) is -3.55. The second-order valence-electron chi connectivity index (χ2n) is 11.4. The van der Waals surface area contributed by atoms with E-state index < -0.39 is 21.6 Å². The van der Waals surface area contributed by atoms with E-state index in [0.29, 0.717) is 18.5 Å². The van der Waals surface area contributed by atoms with Gasteiger partial charge in [0.1, 0.15) is 6.04 Å². The number of carbonyl (C=O) groups excluding carboxylic acids is 2. The molecule has 0 aliphatic rings. The Kier molecular flexibility index (Phi) is 11.2. The molecule has 1 atom stereocenters. The van der Waals surface area contributed by atoms with Crippen molar-refractivity contribution in [3.05, 3.63) is 100 Å². The van der Waals surface area contributed by atoms with Crippen LogP contribution in [0.2, 0.25) is 0 Å². The summed E-state index contributed by atoms with van der Waals surface area (Å²) in [5.41, 5.74) is 2.92. The van der Waals surface area contributed by atoms with Crippen molar-refractivity contribution in [3.63, 3.8) is 0 Å². The van der Waals surface area contributed by atoms with Crippen molar-refractivity contribution >= 4 is 43.5 Å². The minimum atomic E-state index is -3.55. The molecule has 0 saturated carbocycles. The first kappa shape index (κ1) is 32.3. The molecule has 0 radical (unpaired) electrons. The number of anilines is 1. The minimum Gasteiger partial charge on any atom is -0.350 e. The minimum absolute atomic E-state index is 0.0833. The van der Waals surface area contributed by atoms with Gasteiger partial charge in [0, 0.05) is 35.9 Å². The van der Waals surface area contributed by atoms with Gasteiger partial charge in [0.25, 0.3) is 0 Å². The van der Waals surface area contributed by atoms with Gasteiger partial charge in [0.2, 0.25) is 21.8 Å². The van der Waals surface area contributed by atoms with Crippen molar-refractivity contribution in [2.24, 2.45) is 0 Å². The van der Waals surface area contributed by atoms with Crippen LogP contribution in [-0.2, 0) is 32.6 Å². The molecule has 0 fully saturated rings. The number of sulfonamides is 1. The van der Waals surface area contributed by atoms with Crippen LogP contribution in [0.4, 0.5) is 5.69 Å². The summed E-state index contributed by atoms with van der Waals surface area (Å²) < 4.78 is 27.4. The van der Waals surface area contributed by atoms with E-state index in [-0.39, 0.29) is 31.3 Å². The summed E-state index contributed by atoms with van der Waals surface area (Å²) >= 11 is 3.51. The molecular formula is C32H40BrN3O4S. The predicted octanol–water partition coefficient (Wildman–Crippen LogP) is 5.86. The van der Waals surface area contributed by atoms with Gasteiger partial charge in [-0.2, -0.15) is 0 Å². The molecule has 220 valence electrons. The van der Waals surface area contributed by atoms with Crippen LogP contribution < -0.4 is 9.62 Å². The number of hydrogen-bond acceptors (Lipinski definition) is 4. The van der Waals surface area contributed by atoms with Crippen molar-refractivity contribution in [1.29, 1.82) is 0 Å². The molecular weight excluding hydrogens is 602 g/mol. The van der Waals surface area contributed by atoms with Crippen molar-refractivity contribution in [2.75, 3.05) is 17.1 Å². The second-order valence-corrected chi connectivity index (χ2v) is 14.2. The molecule has 0 bridgehead atoms. The number of amides is 2. The normalized spacial score (nSPS) is 12.4. The van der Waals surface area contributed by atoms with E-state index in [1.165, 1.54) is 10.6 Å². The number of benzene rings is 3. The number of hydrogen-bond donors (Lipinski definition) is 1. The van der Waals surface area contributed by atoms with Gasteiger partial charge in [0.15, 0.2) is 0 Å². The average molecular weight is 643 g/mol.